The smallest absolute Gasteiger partial charge is 0.333 e. The van der Waals surface area contributed by atoms with Gasteiger partial charge < -0.3 is 45.8 Å². The monoisotopic (exact) mass is 1070 g/mol. The number of carbonyl (C=O) groups is 11. The Morgan fingerprint density at radius 1 is 0.689 bits per heavy atom. The highest BCUT2D eigenvalue weighted by Crippen LogP contribution is 2.35. The standard InChI is InChI=1S/C50H88N10O13S/c1-20-22-23-30(7)38(63)37(58(17)36(62)25-29(5)6)41(66)53-33(21-2)43(68)59(18)45(74-50(12,13)26-31(8)61)44(69)57(16)35(27-49(10,11)73)40(65)54-47(71)60(19)48(72)55-46(70)52-32(9)42(67)56(15)34(24-28(3)4)39(64)51-14/h20,22,28-30,32-35,37-38,45,63,73H,21,23-27H2,1-19H3,(H,51,64)(H,53,66)(H,54,65,71)(H2,52,55,70,72)/b22-20+/t30-,32-,33+,34+,35+,37+,38-,45-/m1/s1. The molecule has 0 aliphatic carbocycles. The fourth-order valence-corrected chi connectivity index (χ4v) is 9.19. The summed E-state index contributed by atoms with van der Waals surface area (Å²) in [6.07, 6.45) is 2.45. The maximum atomic E-state index is 14.8. The molecule has 13 amide bonds. The number of rotatable bonds is 27. The molecule has 0 saturated carbocycles. The molecule has 0 aliphatic rings. The minimum Gasteiger partial charge on any atom is -0.390 e. The van der Waals surface area contributed by atoms with Crippen molar-refractivity contribution in [2.45, 2.75) is 181 Å². The summed E-state index contributed by atoms with van der Waals surface area (Å²) in [6.45, 7) is 21.2. The van der Waals surface area contributed by atoms with Gasteiger partial charge in [-0.1, -0.05) is 67.5 Å². The van der Waals surface area contributed by atoms with Crippen LogP contribution in [0, 0.1) is 17.8 Å². The zero-order chi connectivity index (χ0) is 57.9. The minimum absolute atomic E-state index is 0.0190. The van der Waals surface area contributed by atoms with E-state index in [-0.39, 0.29) is 36.9 Å². The summed E-state index contributed by atoms with van der Waals surface area (Å²) in [5.74, 6) is -5.96. The van der Waals surface area contributed by atoms with E-state index in [1.54, 1.807) is 40.7 Å². The highest BCUT2D eigenvalue weighted by molar-refractivity contribution is 8.01. The van der Waals surface area contributed by atoms with Crippen molar-refractivity contribution in [3.05, 3.63) is 12.2 Å². The highest BCUT2D eigenvalue weighted by Gasteiger charge is 2.44. The topological polar surface area (TPSA) is 305 Å². The zero-order valence-corrected chi connectivity index (χ0v) is 48.0. The third-order valence-electron chi connectivity index (χ3n) is 12.0. The molecule has 0 radical (unpaired) electrons. The Kier molecular flexibility index (Phi) is 28.3. The van der Waals surface area contributed by atoms with Gasteiger partial charge in [-0.25, -0.2) is 19.3 Å². The lowest BCUT2D eigenvalue weighted by Gasteiger charge is -2.39. The van der Waals surface area contributed by atoms with Crippen LogP contribution in [0.4, 0.5) is 14.4 Å². The summed E-state index contributed by atoms with van der Waals surface area (Å²) in [5, 5.41) is 32.4. The Labute approximate surface area is 442 Å². The molecule has 0 spiro atoms. The van der Waals surface area contributed by atoms with Crippen molar-refractivity contribution in [3.8, 4) is 0 Å². The first-order valence-corrected chi connectivity index (χ1v) is 25.7. The van der Waals surface area contributed by atoms with E-state index in [2.05, 4.69) is 16.0 Å². The molecule has 0 saturated heterocycles. The van der Waals surface area contributed by atoms with Gasteiger partial charge in [0.15, 0.2) is 5.37 Å². The van der Waals surface area contributed by atoms with Gasteiger partial charge in [0.1, 0.15) is 36.0 Å². The van der Waals surface area contributed by atoms with Gasteiger partial charge in [0, 0.05) is 66.3 Å². The number of ketones is 1. The Balaban J connectivity index is 6.86. The van der Waals surface area contributed by atoms with Crippen LogP contribution in [-0.2, 0) is 38.4 Å². The van der Waals surface area contributed by atoms with E-state index in [0.29, 0.717) is 17.7 Å². The maximum absolute atomic E-state index is 14.8. The SMILES string of the molecule is C/C=C/C[C@@H](C)[C@@H](O)[C@@H](C(=O)N[C@@H](CC)C(=O)N(C)[C@H](SC(C)(C)CC(C)=O)C(=O)N(C)[C@@H](CC(C)(C)O)C(=O)NC(=O)N(C)C(=O)NC(=O)N[C@H](C)C(=O)N(C)[C@@H](CC(C)C)C(=O)NC)N(C)C(=O)CC(C)C. The van der Waals surface area contributed by atoms with Crippen molar-refractivity contribution in [1.82, 2.24) is 51.1 Å². The predicted octanol–water partition coefficient (Wildman–Crippen LogP) is 2.58. The van der Waals surface area contributed by atoms with E-state index in [9.17, 15) is 63.0 Å². The van der Waals surface area contributed by atoms with Crippen molar-refractivity contribution in [2.75, 3.05) is 42.3 Å². The molecular weight excluding hydrogens is 981 g/mol. The Morgan fingerprint density at radius 2 is 1.23 bits per heavy atom. The fraction of sp³-hybridized carbons (Fsp3) is 0.740. The lowest BCUT2D eigenvalue weighted by Crippen LogP contribution is -2.61. The molecular formula is C50H88N10O13S. The van der Waals surface area contributed by atoms with Gasteiger partial charge in [-0.05, 0) is 71.6 Å². The van der Waals surface area contributed by atoms with E-state index >= 15 is 0 Å². The second-order valence-corrected chi connectivity index (χ2v) is 22.8. The summed E-state index contributed by atoms with van der Waals surface area (Å²) < 4.78 is -1.03. The molecule has 0 heterocycles. The average molecular weight is 1070 g/mol. The number of nitrogens with zero attached hydrogens (tertiary/aromatic N) is 5. The number of aliphatic hydroxyl groups is 2. The van der Waals surface area contributed by atoms with Gasteiger partial charge in [-0.2, -0.15) is 0 Å². The Morgan fingerprint density at radius 3 is 1.70 bits per heavy atom. The van der Waals surface area contributed by atoms with Crippen LogP contribution >= 0.6 is 11.8 Å². The van der Waals surface area contributed by atoms with E-state index in [1.807, 2.05) is 44.4 Å². The Bertz CT molecular complexity index is 2030. The number of carbonyl (C=O) groups excluding carboxylic acids is 11. The molecule has 422 valence electrons. The van der Waals surface area contributed by atoms with Crippen molar-refractivity contribution in [2.24, 2.45) is 17.8 Å². The van der Waals surface area contributed by atoms with E-state index in [1.165, 1.54) is 72.7 Å². The number of thioether (sulfide) groups is 1. The molecule has 8 atom stereocenters. The van der Waals surface area contributed by atoms with Crippen molar-refractivity contribution in [3.63, 3.8) is 0 Å². The number of imide groups is 3. The van der Waals surface area contributed by atoms with E-state index in [4.69, 9.17) is 0 Å². The molecule has 0 aromatic rings. The molecule has 0 aromatic heterocycles. The number of allylic oxidation sites excluding steroid dienone is 2. The third-order valence-corrected chi connectivity index (χ3v) is 13.5. The normalized spacial score (nSPS) is 15.0. The summed E-state index contributed by atoms with van der Waals surface area (Å²) in [4.78, 5) is 153. The van der Waals surface area contributed by atoms with Crippen LogP contribution < -0.4 is 26.6 Å². The summed E-state index contributed by atoms with van der Waals surface area (Å²) in [5.41, 5.74) is -1.68. The second kappa shape index (κ2) is 30.7. The predicted molar refractivity (Wildman–Crippen MR) is 282 cm³/mol. The first kappa shape index (κ1) is 68.4. The van der Waals surface area contributed by atoms with Crippen LogP contribution in [0.2, 0.25) is 0 Å². The highest BCUT2D eigenvalue weighted by atomic mass is 32.2. The molecule has 0 bridgehead atoms. The zero-order valence-electron chi connectivity index (χ0n) is 47.2. The van der Waals surface area contributed by atoms with Gasteiger partial charge in [0.25, 0.3) is 11.8 Å². The molecule has 24 heteroatoms. The van der Waals surface area contributed by atoms with Crippen molar-refractivity contribution < 1.29 is 63.0 Å². The average Bonchev–Trinajstić information content (AvgIpc) is 3.29. The first-order chi connectivity index (χ1) is 33.9. The number of aliphatic hydroxyl groups excluding tert-OH is 1. The third kappa shape index (κ3) is 22.1. The van der Waals surface area contributed by atoms with Gasteiger partial charge in [0.2, 0.25) is 29.5 Å². The lowest BCUT2D eigenvalue weighted by atomic mass is 9.92. The van der Waals surface area contributed by atoms with Crippen LogP contribution in [0.15, 0.2) is 12.2 Å². The van der Waals surface area contributed by atoms with Gasteiger partial charge in [-0.3, -0.25) is 49.0 Å². The molecule has 0 aliphatic heterocycles. The van der Waals surface area contributed by atoms with Crippen LogP contribution in [0.25, 0.3) is 0 Å². The number of Topliss-reactive ketones (excluding diaryl/α,β-unsaturated/α-hetero) is 1. The molecule has 7 N–H and O–H groups in total. The van der Waals surface area contributed by atoms with Crippen LogP contribution in [0.1, 0.15) is 129 Å². The number of nitrogens with one attached hydrogen (secondary N) is 5. The first-order valence-electron chi connectivity index (χ1n) is 24.9. The number of hydrogen-bond acceptors (Lipinski definition) is 14. The van der Waals surface area contributed by atoms with E-state index < -0.39 is 124 Å². The Hall–Kier alpha value is -5.62. The lowest BCUT2D eigenvalue weighted by molar-refractivity contribution is -0.148. The molecule has 23 nitrogen and oxygen atoms in total. The fourth-order valence-electron chi connectivity index (χ4n) is 7.77. The number of hydrogen-bond donors (Lipinski definition) is 7. The summed E-state index contributed by atoms with van der Waals surface area (Å²) in [6, 6.07) is -10.4. The minimum atomic E-state index is -1.68. The largest absolute Gasteiger partial charge is 0.390 e. The van der Waals surface area contributed by atoms with Gasteiger partial charge in [-0.15, -0.1) is 11.8 Å². The molecule has 0 unspecified atom stereocenters. The van der Waals surface area contributed by atoms with E-state index in [0.717, 1.165) is 28.6 Å². The summed E-state index contributed by atoms with van der Waals surface area (Å²) >= 11 is 0.900. The molecule has 0 aromatic carbocycles. The van der Waals surface area contributed by atoms with Crippen LogP contribution in [0.3, 0.4) is 0 Å². The number of urea groups is 3. The molecule has 74 heavy (non-hydrogen) atoms. The molecule has 0 fully saturated rings. The van der Waals surface area contributed by atoms with Gasteiger partial charge in [0.05, 0.1) is 11.7 Å². The van der Waals surface area contributed by atoms with Crippen molar-refractivity contribution in [1.29, 1.82) is 0 Å². The number of likely N-dealkylation sites (N-methyl/N-ethyl adjacent to an activating group) is 5. The number of amides is 13. The van der Waals surface area contributed by atoms with Gasteiger partial charge >= 0.3 is 18.1 Å². The van der Waals surface area contributed by atoms with Crippen molar-refractivity contribution >= 4 is 77.0 Å². The maximum Gasteiger partial charge on any atom is 0.333 e. The molecule has 0 rings (SSSR count). The quantitative estimate of drug-likeness (QED) is 0.0460. The second-order valence-electron chi connectivity index (χ2n) is 21.0. The summed E-state index contributed by atoms with van der Waals surface area (Å²) in [7, 11) is 7.63. The van der Waals surface area contributed by atoms with Crippen LogP contribution in [-0.4, -0.2) is 194 Å². The van der Waals surface area contributed by atoms with Crippen LogP contribution in [0.5, 0.6) is 0 Å².